The third-order valence-electron chi connectivity index (χ3n) is 3.43. The minimum absolute atomic E-state index is 0.107. The van der Waals surface area contributed by atoms with Gasteiger partial charge in [-0.05, 0) is 30.7 Å². The minimum Gasteiger partial charge on any atom is -0.368 e. The van der Waals surface area contributed by atoms with Crippen LogP contribution in [0.15, 0.2) is 22.7 Å². The minimum atomic E-state index is -0.324. The van der Waals surface area contributed by atoms with Crippen molar-refractivity contribution in [1.29, 1.82) is 0 Å². The van der Waals surface area contributed by atoms with Crippen molar-refractivity contribution in [3.05, 3.63) is 33.3 Å². The summed E-state index contributed by atoms with van der Waals surface area (Å²) in [7, 11) is 0. The second kappa shape index (κ2) is 7.55. The SMILES string of the molecule is CCCN1CCOC(C(=O)Cc2ccc(Br)cc2Cl)C1. The van der Waals surface area contributed by atoms with Crippen molar-refractivity contribution in [3.8, 4) is 0 Å². The van der Waals surface area contributed by atoms with Gasteiger partial charge in [-0.1, -0.05) is 40.5 Å². The molecule has 1 aliphatic heterocycles. The molecule has 1 atom stereocenters. The van der Waals surface area contributed by atoms with E-state index in [1.54, 1.807) is 0 Å². The van der Waals surface area contributed by atoms with Crippen molar-refractivity contribution >= 4 is 33.3 Å². The molecule has 0 N–H and O–H groups in total. The molecule has 0 aliphatic carbocycles. The van der Waals surface area contributed by atoms with Crippen LogP contribution < -0.4 is 0 Å². The fraction of sp³-hybridized carbons (Fsp3) is 0.533. The summed E-state index contributed by atoms with van der Waals surface area (Å²) in [4.78, 5) is 14.6. The number of benzene rings is 1. The van der Waals surface area contributed by atoms with Crippen LogP contribution in [0.25, 0.3) is 0 Å². The third-order valence-corrected chi connectivity index (χ3v) is 4.27. The van der Waals surface area contributed by atoms with Gasteiger partial charge in [-0.2, -0.15) is 0 Å². The maximum absolute atomic E-state index is 12.3. The van der Waals surface area contributed by atoms with Gasteiger partial charge in [0.2, 0.25) is 0 Å². The number of hydrogen-bond donors (Lipinski definition) is 0. The second-order valence-corrected chi connectivity index (χ2v) is 6.36. The molecule has 1 aromatic rings. The maximum Gasteiger partial charge on any atom is 0.167 e. The molecule has 1 fully saturated rings. The lowest BCUT2D eigenvalue weighted by Gasteiger charge is -2.31. The molecule has 0 radical (unpaired) electrons. The lowest BCUT2D eigenvalue weighted by Crippen LogP contribution is -2.46. The maximum atomic E-state index is 12.3. The van der Waals surface area contributed by atoms with Crippen molar-refractivity contribution in [2.75, 3.05) is 26.2 Å². The Labute approximate surface area is 133 Å². The predicted octanol–water partition coefficient (Wildman–Crippen LogP) is 3.32. The molecule has 3 nitrogen and oxygen atoms in total. The summed E-state index contributed by atoms with van der Waals surface area (Å²) in [5.41, 5.74) is 0.857. The number of ketones is 1. The number of morpholine rings is 1. The van der Waals surface area contributed by atoms with E-state index in [9.17, 15) is 4.79 Å². The van der Waals surface area contributed by atoms with E-state index >= 15 is 0 Å². The fourth-order valence-corrected chi connectivity index (χ4v) is 3.12. The number of Topliss-reactive ketones (excluding diaryl/α,β-unsaturated/α-hetero) is 1. The van der Waals surface area contributed by atoms with Crippen LogP contribution in [0.1, 0.15) is 18.9 Å². The molecule has 0 saturated carbocycles. The Bertz CT molecular complexity index is 479. The molecule has 0 aromatic heterocycles. The molecule has 1 aromatic carbocycles. The molecule has 5 heteroatoms. The Balaban J connectivity index is 1.97. The summed E-state index contributed by atoms with van der Waals surface area (Å²) in [5, 5.41) is 0.619. The van der Waals surface area contributed by atoms with Gasteiger partial charge in [0.05, 0.1) is 6.61 Å². The standard InChI is InChI=1S/C15H19BrClNO2/c1-2-5-18-6-7-20-15(10-18)14(19)8-11-3-4-12(16)9-13(11)17/h3-4,9,15H,2,5-8,10H2,1H3. The number of nitrogens with zero attached hydrogens (tertiary/aromatic N) is 1. The molecule has 20 heavy (non-hydrogen) atoms. The van der Waals surface area contributed by atoms with E-state index in [0.717, 1.165) is 29.5 Å². The molecule has 2 rings (SSSR count). The van der Waals surface area contributed by atoms with Gasteiger partial charge in [0.25, 0.3) is 0 Å². The van der Waals surface area contributed by atoms with Crippen LogP contribution in [-0.2, 0) is 16.0 Å². The monoisotopic (exact) mass is 359 g/mol. The lowest BCUT2D eigenvalue weighted by molar-refractivity contribution is -0.135. The van der Waals surface area contributed by atoms with Crippen LogP contribution in [0.4, 0.5) is 0 Å². The van der Waals surface area contributed by atoms with Gasteiger partial charge in [0.1, 0.15) is 6.10 Å². The number of rotatable bonds is 5. The van der Waals surface area contributed by atoms with E-state index < -0.39 is 0 Å². The van der Waals surface area contributed by atoms with Crippen LogP contribution in [0, 0.1) is 0 Å². The molecule has 110 valence electrons. The highest BCUT2D eigenvalue weighted by Crippen LogP contribution is 2.22. The van der Waals surface area contributed by atoms with E-state index in [1.807, 2.05) is 18.2 Å². The molecule has 0 amide bonds. The smallest absolute Gasteiger partial charge is 0.167 e. The van der Waals surface area contributed by atoms with Crippen molar-refractivity contribution in [1.82, 2.24) is 4.90 Å². The zero-order valence-electron chi connectivity index (χ0n) is 11.6. The summed E-state index contributed by atoms with van der Waals surface area (Å²) in [6.45, 7) is 5.40. The first-order valence-electron chi connectivity index (χ1n) is 6.90. The van der Waals surface area contributed by atoms with Gasteiger partial charge in [-0.15, -0.1) is 0 Å². The summed E-state index contributed by atoms with van der Waals surface area (Å²) in [6.07, 6.45) is 1.10. The largest absolute Gasteiger partial charge is 0.368 e. The highest BCUT2D eigenvalue weighted by Gasteiger charge is 2.26. The number of carbonyl (C=O) groups is 1. The van der Waals surface area contributed by atoms with Crippen LogP contribution in [-0.4, -0.2) is 43.0 Å². The second-order valence-electron chi connectivity index (χ2n) is 5.04. The van der Waals surface area contributed by atoms with E-state index in [1.165, 1.54) is 0 Å². The summed E-state index contributed by atoms with van der Waals surface area (Å²) >= 11 is 9.52. The first-order valence-corrected chi connectivity index (χ1v) is 8.08. The first kappa shape index (κ1) is 16.0. The molecule has 1 heterocycles. The Kier molecular flexibility index (Phi) is 6.02. The zero-order valence-corrected chi connectivity index (χ0v) is 13.9. The Morgan fingerprint density at radius 3 is 3.05 bits per heavy atom. The van der Waals surface area contributed by atoms with Crippen molar-refractivity contribution < 1.29 is 9.53 Å². The van der Waals surface area contributed by atoms with Crippen molar-refractivity contribution in [3.63, 3.8) is 0 Å². The average Bonchev–Trinajstić information content (AvgIpc) is 2.42. The topological polar surface area (TPSA) is 29.5 Å². The molecule has 1 unspecified atom stereocenters. The van der Waals surface area contributed by atoms with Gasteiger partial charge in [0.15, 0.2) is 5.78 Å². The number of halogens is 2. The van der Waals surface area contributed by atoms with E-state index in [2.05, 4.69) is 27.8 Å². The summed E-state index contributed by atoms with van der Waals surface area (Å²) in [6, 6.07) is 5.60. The first-order chi connectivity index (χ1) is 9.60. The molecule has 0 bridgehead atoms. The molecule has 1 saturated heterocycles. The third kappa shape index (κ3) is 4.29. The Morgan fingerprint density at radius 1 is 1.55 bits per heavy atom. The highest BCUT2D eigenvalue weighted by molar-refractivity contribution is 9.10. The summed E-state index contributed by atoms with van der Waals surface area (Å²) < 4.78 is 6.53. The van der Waals surface area contributed by atoms with E-state index in [0.29, 0.717) is 24.6 Å². The van der Waals surface area contributed by atoms with Gasteiger partial charge in [0, 0.05) is 29.0 Å². The van der Waals surface area contributed by atoms with Gasteiger partial charge < -0.3 is 4.74 Å². The van der Waals surface area contributed by atoms with Crippen molar-refractivity contribution in [2.24, 2.45) is 0 Å². The quantitative estimate of drug-likeness (QED) is 0.807. The lowest BCUT2D eigenvalue weighted by atomic mass is 10.0. The molecular weight excluding hydrogens is 342 g/mol. The van der Waals surface area contributed by atoms with E-state index in [-0.39, 0.29) is 11.9 Å². The fourth-order valence-electron chi connectivity index (χ4n) is 2.38. The van der Waals surface area contributed by atoms with Gasteiger partial charge in [-0.3, -0.25) is 9.69 Å². The zero-order chi connectivity index (χ0) is 14.5. The van der Waals surface area contributed by atoms with E-state index in [4.69, 9.17) is 16.3 Å². The van der Waals surface area contributed by atoms with Crippen LogP contribution in [0.5, 0.6) is 0 Å². The van der Waals surface area contributed by atoms with Gasteiger partial charge >= 0.3 is 0 Å². The normalized spacial score (nSPS) is 20.1. The average molecular weight is 361 g/mol. The van der Waals surface area contributed by atoms with Gasteiger partial charge in [-0.25, -0.2) is 0 Å². The Hall–Kier alpha value is -0.420. The highest BCUT2D eigenvalue weighted by atomic mass is 79.9. The molecule has 0 spiro atoms. The number of carbonyl (C=O) groups excluding carboxylic acids is 1. The van der Waals surface area contributed by atoms with Crippen molar-refractivity contribution in [2.45, 2.75) is 25.9 Å². The molecular formula is C15H19BrClNO2. The number of hydrogen-bond acceptors (Lipinski definition) is 3. The summed E-state index contributed by atoms with van der Waals surface area (Å²) in [5.74, 6) is 0.107. The van der Waals surface area contributed by atoms with Crippen LogP contribution >= 0.6 is 27.5 Å². The Morgan fingerprint density at radius 2 is 2.35 bits per heavy atom. The molecule has 1 aliphatic rings. The predicted molar refractivity (Wildman–Crippen MR) is 84.3 cm³/mol. The van der Waals surface area contributed by atoms with Crippen LogP contribution in [0.3, 0.4) is 0 Å². The van der Waals surface area contributed by atoms with Crippen LogP contribution in [0.2, 0.25) is 5.02 Å². The number of ether oxygens (including phenoxy) is 1.